The Kier molecular flexibility index (Phi) is 2.78. The Morgan fingerprint density at radius 1 is 0.667 bits per heavy atom. The third kappa shape index (κ3) is 2.02. The molecule has 3 aromatic carbocycles. The van der Waals surface area contributed by atoms with Gasteiger partial charge in [0, 0.05) is 5.92 Å². The zero-order chi connectivity index (χ0) is 14.2. The number of benzene rings is 3. The van der Waals surface area contributed by atoms with Crippen LogP contribution in [0.25, 0.3) is 11.1 Å². The van der Waals surface area contributed by atoms with E-state index >= 15 is 0 Å². The minimum absolute atomic E-state index is 0.325. The zero-order valence-electron chi connectivity index (χ0n) is 11.7. The predicted octanol–water partition coefficient (Wildman–Crippen LogP) is 4.75. The molecule has 1 N–H and O–H groups in total. The van der Waals surface area contributed by atoms with Crippen molar-refractivity contribution in [2.24, 2.45) is 0 Å². The van der Waals surface area contributed by atoms with Gasteiger partial charge in [0.1, 0.15) is 5.75 Å². The first-order valence-corrected chi connectivity index (χ1v) is 7.29. The summed E-state index contributed by atoms with van der Waals surface area (Å²) >= 11 is 0. The molecule has 0 heterocycles. The lowest BCUT2D eigenvalue weighted by atomic mass is 9.90. The SMILES string of the molecule is Oc1ccc(CC2c3ccccc3-c3ccccc32)cc1. The maximum atomic E-state index is 9.43. The normalized spacial score (nSPS) is 13.0. The minimum Gasteiger partial charge on any atom is -0.508 e. The Hall–Kier alpha value is -2.54. The molecule has 0 atom stereocenters. The van der Waals surface area contributed by atoms with Gasteiger partial charge in [-0.05, 0) is 46.4 Å². The quantitative estimate of drug-likeness (QED) is 0.714. The number of hydrogen-bond acceptors (Lipinski definition) is 1. The second-order valence-electron chi connectivity index (χ2n) is 5.60. The maximum absolute atomic E-state index is 9.43. The van der Waals surface area contributed by atoms with Crippen LogP contribution in [-0.2, 0) is 6.42 Å². The molecule has 0 radical (unpaired) electrons. The summed E-state index contributed by atoms with van der Waals surface area (Å²) in [7, 11) is 0. The van der Waals surface area contributed by atoms with E-state index in [4.69, 9.17) is 0 Å². The summed E-state index contributed by atoms with van der Waals surface area (Å²) in [6.07, 6.45) is 0.967. The topological polar surface area (TPSA) is 20.2 Å². The third-order valence-electron chi connectivity index (χ3n) is 4.34. The van der Waals surface area contributed by atoms with Gasteiger partial charge in [0.25, 0.3) is 0 Å². The molecule has 1 nitrogen and oxygen atoms in total. The average molecular weight is 272 g/mol. The molecule has 0 saturated carbocycles. The lowest BCUT2D eigenvalue weighted by Gasteiger charge is -2.13. The van der Waals surface area contributed by atoms with Crippen LogP contribution in [0.5, 0.6) is 5.75 Å². The van der Waals surface area contributed by atoms with E-state index in [0.29, 0.717) is 11.7 Å². The molecule has 4 rings (SSSR count). The molecular formula is C20H16O. The van der Waals surface area contributed by atoms with Crippen molar-refractivity contribution >= 4 is 0 Å². The molecule has 1 aliphatic rings. The zero-order valence-corrected chi connectivity index (χ0v) is 11.7. The largest absolute Gasteiger partial charge is 0.508 e. The van der Waals surface area contributed by atoms with E-state index in [1.807, 2.05) is 12.1 Å². The first kappa shape index (κ1) is 12.2. The molecule has 1 heteroatoms. The van der Waals surface area contributed by atoms with Crippen LogP contribution in [0.15, 0.2) is 72.8 Å². The summed E-state index contributed by atoms with van der Waals surface area (Å²) in [6.45, 7) is 0. The summed E-state index contributed by atoms with van der Waals surface area (Å²) in [6, 6.07) is 24.9. The number of fused-ring (bicyclic) bond motifs is 3. The van der Waals surface area contributed by atoms with Crippen molar-refractivity contribution in [3.63, 3.8) is 0 Å². The van der Waals surface area contributed by atoms with E-state index in [0.717, 1.165) is 6.42 Å². The summed E-state index contributed by atoms with van der Waals surface area (Å²) in [5, 5.41) is 9.43. The Bertz CT molecular complexity index is 741. The van der Waals surface area contributed by atoms with Gasteiger partial charge < -0.3 is 5.11 Å². The predicted molar refractivity (Wildman–Crippen MR) is 85.5 cm³/mol. The van der Waals surface area contributed by atoms with E-state index in [1.165, 1.54) is 27.8 Å². The van der Waals surface area contributed by atoms with Gasteiger partial charge in [0.2, 0.25) is 0 Å². The Balaban J connectivity index is 1.79. The fourth-order valence-electron chi connectivity index (χ4n) is 3.35. The second-order valence-corrected chi connectivity index (χ2v) is 5.60. The van der Waals surface area contributed by atoms with Gasteiger partial charge in [-0.2, -0.15) is 0 Å². The van der Waals surface area contributed by atoms with Crippen LogP contribution in [-0.4, -0.2) is 5.11 Å². The van der Waals surface area contributed by atoms with Gasteiger partial charge in [-0.1, -0.05) is 60.7 Å². The lowest BCUT2D eigenvalue weighted by molar-refractivity contribution is 0.475. The van der Waals surface area contributed by atoms with Crippen LogP contribution in [0.2, 0.25) is 0 Å². The Morgan fingerprint density at radius 3 is 1.76 bits per heavy atom. The summed E-state index contributed by atoms with van der Waals surface area (Å²) in [4.78, 5) is 0. The van der Waals surface area contributed by atoms with E-state index in [-0.39, 0.29) is 0 Å². The molecular weight excluding hydrogens is 256 g/mol. The highest BCUT2D eigenvalue weighted by atomic mass is 16.3. The highest BCUT2D eigenvalue weighted by Gasteiger charge is 2.27. The number of phenolic OH excluding ortho intramolecular Hbond substituents is 1. The van der Waals surface area contributed by atoms with Crippen LogP contribution in [0.1, 0.15) is 22.6 Å². The average Bonchev–Trinajstić information content (AvgIpc) is 2.85. The molecule has 0 bridgehead atoms. The molecule has 0 saturated heterocycles. The van der Waals surface area contributed by atoms with Crippen LogP contribution < -0.4 is 0 Å². The summed E-state index contributed by atoms with van der Waals surface area (Å²) in [5.74, 6) is 0.730. The number of rotatable bonds is 2. The molecule has 102 valence electrons. The molecule has 0 unspecified atom stereocenters. The maximum Gasteiger partial charge on any atom is 0.115 e. The van der Waals surface area contributed by atoms with Crippen molar-refractivity contribution in [3.8, 4) is 16.9 Å². The standard InChI is InChI=1S/C20H16O/c21-15-11-9-14(10-12-15)13-20-18-7-3-1-5-16(18)17-6-2-4-8-19(17)20/h1-12,20-21H,13H2. The van der Waals surface area contributed by atoms with E-state index < -0.39 is 0 Å². The molecule has 0 aromatic heterocycles. The van der Waals surface area contributed by atoms with E-state index in [1.54, 1.807) is 12.1 Å². The first-order valence-electron chi connectivity index (χ1n) is 7.29. The fraction of sp³-hybridized carbons (Fsp3) is 0.100. The third-order valence-corrected chi connectivity index (χ3v) is 4.34. The van der Waals surface area contributed by atoms with E-state index in [2.05, 4.69) is 48.5 Å². The van der Waals surface area contributed by atoms with Crippen molar-refractivity contribution < 1.29 is 5.11 Å². The molecule has 21 heavy (non-hydrogen) atoms. The van der Waals surface area contributed by atoms with E-state index in [9.17, 15) is 5.11 Å². The minimum atomic E-state index is 0.325. The van der Waals surface area contributed by atoms with Crippen LogP contribution in [0, 0.1) is 0 Å². The Morgan fingerprint density at radius 2 is 1.19 bits per heavy atom. The van der Waals surface area contributed by atoms with Crippen LogP contribution in [0.4, 0.5) is 0 Å². The number of aromatic hydroxyl groups is 1. The van der Waals surface area contributed by atoms with Crippen molar-refractivity contribution in [2.45, 2.75) is 12.3 Å². The molecule has 3 aromatic rings. The Labute approximate surface area is 124 Å². The molecule has 0 fully saturated rings. The lowest BCUT2D eigenvalue weighted by Crippen LogP contribution is -2.01. The molecule has 0 spiro atoms. The number of phenols is 1. The molecule has 0 aliphatic heterocycles. The van der Waals surface area contributed by atoms with Crippen molar-refractivity contribution in [1.29, 1.82) is 0 Å². The highest BCUT2D eigenvalue weighted by Crippen LogP contribution is 2.45. The smallest absolute Gasteiger partial charge is 0.115 e. The fourth-order valence-corrected chi connectivity index (χ4v) is 3.35. The van der Waals surface area contributed by atoms with Crippen LogP contribution in [0.3, 0.4) is 0 Å². The van der Waals surface area contributed by atoms with Crippen molar-refractivity contribution in [1.82, 2.24) is 0 Å². The monoisotopic (exact) mass is 272 g/mol. The van der Waals surface area contributed by atoms with Crippen molar-refractivity contribution in [3.05, 3.63) is 89.5 Å². The van der Waals surface area contributed by atoms with Gasteiger partial charge in [-0.25, -0.2) is 0 Å². The summed E-state index contributed by atoms with van der Waals surface area (Å²) in [5.41, 5.74) is 6.79. The van der Waals surface area contributed by atoms with Gasteiger partial charge in [-0.15, -0.1) is 0 Å². The van der Waals surface area contributed by atoms with Crippen molar-refractivity contribution in [2.75, 3.05) is 0 Å². The van der Waals surface area contributed by atoms with Gasteiger partial charge in [-0.3, -0.25) is 0 Å². The highest BCUT2D eigenvalue weighted by molar-refractivity contribution is 5.78. The first-order chi connectivity index (χ1) is 10.3. The number of hydrogen-bond donors (Lipinski definition) is 1. The molecule has 0 amide bonds. The van der Waals surface area contributed by atoms with Gasteiger partial charge in [0.15, 0.2) is 0 Å². The van der Waals surface area contributed by atoms with Gasteiger partial charge >= 0.3 is 0 Å². The molecule has 1 aliphatic carbocycles. The van der Waals surface area contributed by atoms with Gasteiger partial charge in [0.05, 0.1) is 0 Å². The summed E-state index contributed by atoms with van der Waals surface area (Å²) < 4.78 is 0. The van der Waals surface area contributed by atoms with Crippen LogP contribution >= 0.6 is 0 Å². The second kappa shape index (κ2) is 4.78.